The van der Waals surface area contributed by atoms with Gasteiger partial charge in [-0.1, -0.05) is 0 Å². The molecule has 0 bridgehead atoms. The second-order valence-corrected chi connectivity index (χ2v) is 4.51. The van der Waals surface area contributed by atoms with Gasteiger partial charge in [0, 0.05) is 38.3 Å². The van der Waals surface area contributed by atoms with E-state index < -0.39 is 0 Å². The highest BCUT2D eigenvalue weighted by Gasteiger charge is 2.12. The Morgan fingerprint density at radius 2 is 2.35 bits per heavy atom. The fourth-order valence-corrected chi connectivity index (χ4v) is 2.16. The summed E-state index contributed by atoms with van der Waals surface area (Å²) in [6.07, 6.45) is 6.26. The zero-order valence-corrected chi connectivity index (χ0v) is 11.3. The van der Waals surface area contributed by atoms with Gasteiger partial charge in [0.05, 0.1) is 0 Å². The van der Waals surface area contributed by atoms with Gasteiger partial charge in [0.2, 0.25) is 0 Å². The van der Waals surface area contributed by atoms with E-state index in [1.165, 1.54) is 0 Å². The second-order valence-electron chi connectivity index (χ2n) is 3.70. The van der Waals surface area contributed by atoms with Crippen LogP contribution in [0.15, 0.2) is 23.2 Å². The molecule has 0 aromatic carbocycles. The number of aromatic nitrogens is 3. The number of rotatable bonds is 5. The fraction of sp³-hybridized carbons (Fsp3) is 0.455. The van der Waals surface area contributed by atoms with Crippen molar-refractivity contribution in [3.8, 4) is 0 Å². The van der Waals surface area contributed by atoms with Gasteiger partial charge in [0.15, 0.2) is 11.5 Å². The van der Waals surface area contributed by atoms with Crippen molar-refractivity contribution in [3.05, 3.63) is 23.2 Å². The first kappa shape index (κ1) is 12.3. The van der Waals surface area contributed by atoms with Crippen LogP contribution in [0.25, 0.3) is 5.65 Å². The SMILES string of the molecule is CCN(CCCO)c1nc(Br)cn2ccnc12. The number of hydrogen-bond donors (Lipinski definition) is 1. The molecule has 0 saturated carbocycles. The maximum atomic E-state index is 8.91. The first-order chi connectivity index (χ1) is 8.26. The third-order valence-electron chi connectivity index (χ3n) is 2.59. The number of fused-ring (bicyclic) bond motifs is 1. The highest BCUT2D eigenvalue weighted by Crippen LogP contribution is 2.20. The maximum absolute atomic E-state index is 8.91. The lowest BCUT2D eigenvalue weighted by Gasteiger charge is -2.22. The van der Waals surface area contributed by atoms with Gasteiger partial charge >= 0.3 is 0 Å². The van der Waals surface area contributed by atoms with Crippen LogP contribution in [0.3, 0.4) is 0 Å². The molecule has 0 fully saturated rings. The highest BCUT2D eigenvalue weighted by molar-refractivity contribution is 9.10. The summed E-state index contributed by atoms with van der Waals surface area (Å²) in [6.45, 7) is 3.87. The zero-order valence-electron chi connectivity index (χ0n) is 9.67. The van der Waals surface area contributed by atoms with Gasteiger partial charge in [-0.05, 0) is 29.3 Å². The summed E-state index contributed by atoms with van der Waals surface area (Å²) in [7, 11) is 0. The lowest BCUT2D eigenvalue weighted by Crippen LogP contribution is -2.26. The Bertz CT molecular complexity index is 499. The van der Waals surface area contributed by atoms with Gasteiger partial charge in [0.25, 0.3) is 0 Å². The summed E-state index contributed by atoms with van der Waals surface area (Å²) in [6, 6.07) is 0. The minimum Gasteiger partial charge on any atom is -0.396 e. The van der Waals surface area contributed by atoms with Gasteiger partial charge in [0.1, 0.15) is 4.60 Å². The molecule has 2 heterocycles. The van der Waals surface area contributed by atoms with E-state index in [2.05, 4.69) is 37.7 Å². The first-order valence-electron chi connectivity index (χ1n) is 5.61. The Kier molecular flexibility index (Phi) is 3.96. The predicted molar refractivity (Wildman–Crippen MR) is 70.3 cm³/mol. The van der Waals surface area contributed by atoms with Crippen LogP contribution in [-0.2, 0) is 0 Å². The van der Waals surface area contributed by atoms with Crippen LogP contribution in [-0.4, -0.2) is 39.2 Å². The average Bonchev–Trinajstić information content (AvgIpc) is 2.77. The van der Waals surface area contributed by atoms with Crippen molar-refractivity contribution in [3.63, 3.8) is 0 Å². The lowest BCUT2D eigenvalue weighted by atomic mass is 10.4. The number of aliphatic hydroxyl groups excluding tert-OH is 1. The third kappa shape index (κ3) is 2.58. The van der Waals surface area contributed by atoms with Gasteiger partial charge < -0.3 is 14.4 Å². The van der Waals surface area contributed by atoms with E-state index in [0.717, 1.165) is 35.6 Å². The highest BCUT2D eigenvalue weighted by atomic mass is 79.9. The number of nitrogens with zero attached hydrogens (tertiary/aromatic N) is 4. The maximum Gasteiger partial charge on any atom is 0.180 e. The van der Waals surface area contributed by atoms with Crippen molar-refractivity contribution >= 4 is 27.4 Å². The second kappa shape index (κ2) is 5.46. The fourth-order valence-electron chi connectivity index (χ4n) is 1.77. The molecule has 5 nitrogen and oxygen atoms in total. The summed E-state index contributed by atoms with van der Waals surface area (Å²) >= 11 is 3.40. The molecule has 1 N–H and O–H groups in total. The van der Waals surface area contributed by atoms with Crippen molar-refractivity contribution < 1.29 is 5.11 Å². The molecule has 2 aromatic heterocycles. The van der Waals surface area contributed by atoms with E-state index in [1.54, 1.807) is 6.20 Å². The number of anilines is 1. The van der Waals surface area contributed by atoms with E-state index in [0.29, 0.717) is 0 Å². The van der Waals surface area contributed by atoms with Crippen LogP contribution in [0, 0.1) is 0 Å². The number of hydrogen-bond acceptors (Lipinski definition) is 4. The van der Waals surface area contributed by atoms with Gasteiger partial charge in [-0.3, -0.25) is 0 Å². The smallest absolute Gasteiger partial charge is 0.180 e. The molecule has 6 heteroatoms. The molecular weight excluding hydrogens is 284 g/mol. The van der Waals surface area contributed by atoms with Crippen molar-refractivity contribution in [2.75, 3.05) is 24.6 Å². The van der Waals surface area contributed by atoms with Gasteiger partial charge in [-0.15, -0.1) is 0 Å². The molecule has 0 amide bonds. The molecule has 0 aliphatic heterocycles. The lowest BCUT2D eigenvalue weighted by molar-refractivity contribution is 0.289. The zero-order chi connectivity index (χ0) is 12.3. The molecule has 0 atom stereocenters. The number of halogens is 1. The summed E-state index contributed by atoms with van der Waals surface area (Å²) < 4.78 is 2.72. The van der Waals surface area contributed by atoms with E-state index in [-0.39, 0.29) is 6.61 Å². The minimum atomic E-state index is 0.190. The molecule has 2 aromatic rings. The summed E-state index contributed by atoms with van der Waals surface area (Å²) in [4.78, 5) is 10.9. The van der Waals surface area contributed by atoms with Crippen molar-refractivity contribution in [2.24, 2.45) is 0 Å². The van der Waals surface area contributed by atoms with Crippen LogP contribution >= 0.6 is 15.9 Å². The van der Waals surface area contributed by atoms with Crippen molar-refractivity contribution in [1.29, 1.82) is 0 Å². The molecule has 0 unspecified atom stereocenters. The molecular formula is C11H15BrN4O. The predicted octanol–water partition coefficient (Wildman–Crippen LogP) is 1.70. The van der Waals surface area contributed by atoms with E-state index >= 15 is 0 Å². The Balaban J connectivity index is 2.40. The molecule has 0 aliphatic carbocycles. The Hall–Kier alpha value is -1.14. The summed E-state index contributed by atoms with van der Waals surface area (Å²) in [5, 5.41) is 8.91. The third-order valence-corrected chi connectivity index (χ3v) is 2.98. The quantitative estimate of drug-likeness (QED) is 0.913. The molecule has 92 valence electrons. The van der Waals surface area contributed by atoms with E-state index in [4.69, 9.17) is 5.11 Å². The Labute approximate surface area is 108 Å². The van der Waals surface area contributed by atoms with Gasteiger partial charge in [-0.2, -0.15) is 0 Å². The van der Waals surface area contributed by atoms with Crippen LogP contribution in [0.5, 0.6) is 0 Å². The monoisotopic (exact) mass is 298 g/mol. The van der Waals surface area contributed by atoms with Crippen molar-refractivity contribution in [1.82, 2.24) is 14.4 Å². The molecule has 2 rings (SSSR count). The average molecular weight is 299 g/mol. The first-order valence-corrected chi connectivity index (χ1v) is 6.40. The standard InChI is InChI=1S/C11H15BrN4O/c1-2-15(5-3-7-17)11-10-13-4-6-16(10)8-9(12)14-11/h4,6,8,17H,2-3,5,7H2,1H3. The molecule has 0 aliphatic rings. The molecule has 0 spiro atoms. The van der Waals surface area contributed by atoms with Crippen molar-refractivity contribution in [2.45, 2.75) is 13.3 Å². The Morgan fingerprint density at radius 3 is 3.06 bits per heavy atom. The van der Waals surface area contributed by atoms with Crippen LogP contribution < -0.4 is 4.90 Å². The number of imidazole rings is 1. The van der Waals surface area contributed by atoms with Crippen LogP contribution in [0.4, 0.5) is 5.82 Å². The molecule has 17 heavy (non-hydrogen) atoms. The minimum absolute atomic E-state index is 0.190. The summed E-state index contributed by atoms with van der Waals surface area (Å²) in [5.41, 5.74) is 0.841. The number of aliphatic hydroxyl groups is 1. The van der Waals surface area contributed by atoms with E-state index in [9.17, 15) is 0 Å². The van der Waals surface area contributed by atoms with Crippen LogP contribution in [0.1, 0.15) is 13.3 Å². The molecule has 0 radical (unpaired) electrons. The van der Waals surface area contributed by atoms with E-state index in [1.807, 2.05) is 16.8 Å². The molecule has 0 saturated heterocycles. The normalized spacial score (nSPS) is 11.0. The van der Waals surface area contributed by atoms with Gasteiger partial charge in [-0.25, -0.2) is 9.97 Å². The van der Waals surface area contributed by atoms with Crippen LogP contribution in [0.2, 0.25) is 0 Å². The topological polar surface area (TPSA) is 53.7 Å². The largest absolute Gasteiger partial charge is 0.396 e. The Morgan fingerprint density at radius 1 is 1.53 bits per heavy atom. The summed E-state index contributed by atoms with van der Waals surface area (Å²) in [5.74, 6) is 0.848.